The lowest BCUT2D eigenvalue weighted by Gasteiger charge is -2.13. The molecule has 0 bridgehead atoms. The number of benzene rings is 1. The second-order valence-electron chi connectivity index (χ2n) is 3.64. The largest absolute Gasteiger partial charge is 0.481 e. The van der Waals surface area contributed by atoms with Gasteiger partial charge in [0.15, 0.2) is 0 Å². The Balaban J connectivity index is 3.03. The number of carboxylic acids is 1. The van der Waals surface area contributed by atoms with Crippen LogP contribution in [0.1, 0.15) is 17.5 Å². The fourth-order valence-electron chi connectivity index (χ4n) is 1.66. The monoisotopic (exact) mass is 278 g/mol. The predicted molar refractivity (Wildman–Crippen MR) is 63.5 cm³/mol. The lowest BCUT2D eigenvalue weighted by molar-refractivity contribution is -0.136. The summed E-state index contributed by atoms with van der Waals surface area (Å²) in [5.74, 6) is -0.751. The van der Waals surface area contributed by atoms with E-state index in [4.69, 9.17) is 16.7 Å². The zero-order valence-corrected chi connectivity index (χ0v) is 10.3. The van der Waals surface area contributed by atoms with E-state index in [0.717, 1.165) is 0 Å². The fourth-order valence-corrected chi connectivity index (χ4v) is 1.79. The van der Waals surface area contributed by atoms with Crippen LogP contribution in [0.25, 0.3) is 0 Å². The first kappa shape index (κ1) is 14.7. The van der Waals surface area contributed by atoms with Crippen molar-refractivity contribution in [3.05, 3.63) is 29.3 Å². The van der Waals surface area contributed by atoms with Crippen LogP contribution in [0.15, 0.2) is 18.2 Å². The van der Waals surface area contributed by atoms with E-state index in [0.29, 0.717) is 24.3 Å². The first-order valence-electron chi connectivity index (χ1n) is 5.38. The summed E-state index contributed by atoms with van der Waals surface area (Å²) in [5, 5.41) is 8.81. The molecule has 0 radical (unpaired) electrons. The molecule has 3 nitrogen and oxygen atoms in total. The van der Waals surface area contributed by atoms with Crippen LogP contribution >= 0.6 is 11.6 Å². The van der Waals surface area contributed by atoms with Gasteiger partial charge in [-0.3, -0.25) is 4.79 Å². The molecule has 0 spiro atoms. The molecule has 0 atom stereocenters. The molecular formula is C12H13ClF2O3. The van der Waals surface area contributed by atoms with E-state index >= 15 is 0 Å². The number of hydrogen-bond acceptors (Lipinski definition) is 2. The number of alkyl halides is 3. The maximum absolute atomic E-state index is 12.2. The molecule has 18 heavy (non-hydrogen) atoms. The number of carboxylic acid groups (broad SMARTS) is 1. The summed E-state index contributed by atoms with van der Waals surface area (Å²) in [7, 11) is 0. The van der Waals surface area contributed by atoms with Crippen molar-refractivity contribution in [3.63, 3.8) is 0 Å². The minimum atomic E-state index is -2.97. The van der Waals surface area contributed by atoms with Crippen LogP contribution < -0.4 is 4.74 Å². The van der Waals surface area contributed by atoms with Crippen molar-refractivity contribution < 1.29 is 23.4 Å². The predicted octanol–water partition coefficient (Wildman–Crippen LogP) is 3.09. The molecule has 0 aliphatic rings. The van der Waals surface area contributed by atoms with E-state index < -0.39 is 12.6 Å². The summed E-state index contributed by atoms with van der Waals surface area (Å²) in [6.07, 6.45) is 0.833. The van der Waals surface area contributed by atoms with Crippen LogP contribution in [-0.2, 0) is 17.6 Å². The SMILES string of the molecule is O=C(O)Cc1c(CCCCl)cccc1OC(F)F. The fraction of sp³-hybridized carbons (Fsp3) is 0.417. The molecule has 100 valence electrons. The number of rotatable bonds is 7. The molecule has 0 unspecified atom stereocenters. The number of carbonyl (C=O) groups is 1. The average molecular weight is 279 g/mol. The van der Waals surface area contributed by atoms with Crippen molar-refractivity contribution >= 4 is 17.6 Å². The van der Waals surface area contributed by atoms with E-state index in [2.05, 4.69) is 4.74 Å². The topological polar surface area (TPSA) is 46.5 Å². The Hall–Kier alpha value is -1.36. The van der Waals surface area contributed by atoms with Crippen LogP contribution in [0.5, 0.6) is 5.75 Å². The van der Waals surface area contributed by atoms with E-state index in [-0.39, 0.29) is 17.7 Å². The molecule has 0 fully saturated rings. The summed E-state index contributed by atoms with van der Waals surface area (Å²) in [5.41, 5.74) is 0.964. The van der Waals surface area contributed by atoms with Gasteiger partial charge in [0.25, 0.3) is 0 Å². The highest BCUT2D eigenvalue weighted by molar-refractivity contribution is 6.17. The van der Waals surface area contributed by atoms with E-state index in [1.807, 2.05) is 0 Å². The van der Waals surface area contributed by atoms with Crippen molar-refractivity contribution in [1.29, 1.82) is 0 Å². The second kappa shape index (κ2) is 7.16. The first-order valence-corrected chi connectivity index (χ1v) is 5.91. The van der Waals surface area contributed by atoms with Gasteiger partial charge >= 0.3 is 12.6 Å². The van der Waals surface area contributed by atoms with Crippen LogP contribution in [0.3, 0.4) is 0 Å². The molecular weight excluding hydrogens is 266 g/mol. The van der Waals surface area contributed by atoms with E-state index in [1.165, 1.54) is 6.07 Å². The van der Waals surface area contributed by atoms with Crippen LogP contribution in [0.4, 0.5) is 8.78 Å². The number of hydrogen-bond donors (Lipinski definition) is 1. The molecule has 0 saturated heterocycles. The summed E-state index contributed by atoms with van der Waals surface area (Å²) in [4.78, 5) is 10.8. The zero-order chi connectivity index (χ0) is 13.5. The molecule has 0 aliphatic carbocycles. The summed E-state index contributed by atoms with van der Waals surface area (Å²) in [6, 6.07) is 4.60. The van der Waals surface area contributed by atoms with Crippen LogP contribution in [0, 0.1) is 0 Å². The Kier molecular flexibility index (Phi) is 5.85. The number of ether oxygens (including phenoxy) is 1. The Labute approximate surface area is 108 Å². The highest BCUT2D eigenvalue weighted by Crippen LogP contribution is 2.26. The maximum atomic E-state index is 12.2. The van der Waals surface area contributed by atoms with Crippen molar-refractivity contribution in [3.8, 4) is 5.75 Å². The van der Waals surface area contributed by atoms with Crippen molar-refractivity contribution in [2.24, 2.45) is 0 Å². The third kappa shape index (κ3) is 4.49. The molecule has 6 heteroatoms. The minimum absolute atomic E-state index is 0.0838. The van der Waals surface area contributed by atoms with Gasteiger partial charge in [0, 0.05) is 11.4 Å². The number of aryl methyl sites for hydroxylation is 1. The maximum Gasteiger partial charge on any atom is 0.387 e. The summed E-state index contributed by atoms with van der Waals surface area (Å²) in [6.45, 7) is -2.97. The quantitative estimate of drug-likeness (QED) is 0.780. The molecule has 1 aromatic rings. The standard InChI is InChI=1S/C12H13ClF2O3/c13-6-2-4-8-3-1-5-10(18-12(14)15)9(8)7-11(16)17/h1,3,5,12H,2,4,6-7H2,(H,16,17). The highest BCUT2D eigenvalue weighted by atomic mass is 35.5. The molecule has 0 saturated carbocycles. The van der Waals surface area contributed by atoms with Gasteiger partial charge in [0.05, 0.1) is 6.42 Å². The minimum Gasteiger partial charge on any atom is -0.481 e. The van der Waals surface area contributed by atoms with Crippen LogP contribution in [-0.4, -0.2) is 23.6 Å². The zero-order valence-electron chi connectivity index (χ0n) is 9.54. The lowest BCUT2D eigenvalue weighted by Crippen LogP contribution is -2.10. The van der Waals surface area contributed by atoms with Gasteiger partial charge < -0.3 is 9.84 Å². The van der Waals surface area contributed by atoms with Gasteiger partial charge in [-0.2, -0.15) is 8.78 Å². The molecule has 1 aromatic carbocycles. The molecule has 0 aromatic heterocycles. The normalized spacial score (nSPS) is 10.7. The average Bonchev–Trinajstić information content (AvgIpc) is 2.28. The third-order valence-corrected chi connectivity index (χ3v) is 2.62. The molecule has 1 rings (SSSR count). The number of aliphatic carboxylic acids is 1. The van der Waals surface area contributed by atoms with E-state index in [1.54, 1.807) is 12.1 Å². The third-order valence-electron chi connectivity index (χ3n) is 2.35. The highest BCUT2D eigenvalue weighted by Gasteiger charge is 2.15. The molecule has 0 heterocycles. The molecule has 0 aliphatic heterocycles. The summed E-state index contributed by atoms with van der Waals surface area (Å²) < 4.78 is 28.8. The van der Waals surface area contributed by atoms with Gasteiger partial charge in [-0.05, 0) is 24.5 Å². The Morgan fingerprint density at radius 2 is 2.17 bits per heavy atom. The van der Waals surface area contributed by atoms with Gasteiger partial charge in [0.1, 0.15) is 5.75 Å². The Bertz CT molecular complexity index is 410. The van der Waals surface area contributed by atoms with Gasteiger partial charge in [-0.1, -0.05) is 12.1 Å². The lowest BCUT2D eigenvalue weighted by atomic mass is 9.99. The molecule has 1 N–H and O–H groups in total. The first-order chi connectivity index (χ1) is 8.54. The van der Waals surface area contributed by atoms with Gasteiger partial charge in [-0.15, -0.1) is 11.6 Å². The Morgan fingerprint density at radius 3 is 2.72 bits per heavy atom. The second-order valence-corrected chi connectivity index (χ2v) is 4.01. The van der Waals surface area contributed by atoms with Crippen molar-refractivity contribution in [1.82, 2.24) is 0 Å². The molecule has 0 amide bonds. The van der Waals surface area contributed by atoms with Crippen molar-refractivity contribution in [2.45, 2.75) is 25.9 Å². The smallest absolute Gasteiger partial charge is 0.387 e. The number of halogens is 3. The van der Waals surface area contributed by atoms with Crippen molar-refractivity contribution in [2.75, 3.05) is 5.88 Å². The van der Waals surface area contributed by atoms with Crippen LogP contribution in [0.2, 0.25) is 0 Å². The van der Waals surface area contributed by atoms with Gasteiger partial charge in [0.2, 0.25) is 0 Å². The van der Waals surface area contributed by atoms with Gasteiger partial charge in [-0.25, -0.2) is 0 Å². The Morgan fingerprint density at radius 1 is 1.44 bits per heavy atom. The summed E-state index contributed by atoms with van der Waals surface area (Å²) >= 11 is 5.57. The van der Waals surface area contributed by atoms with E-state index in [9.17, 15) is 13.6 Å².